The van der Waals surface area contributed by atoms with E-state index in [1.54, 1.807) is 0 Å². The number of rotatable bonds is 2. The Labute approximate surface area is 127 Å². The van der Waals surface area contributed by atoms with E-state index in [1.807, 2.05) is 26.0 Å². The van der Waals surface area contributed by atoms with Gasteiger partial charge in [-0.05, 0) is 38.8 Å². The molecule has 2 atom stereocenters. The van der Waals surface area contributed by atoms with Crippen LogP contribution in [0.4, 0.5) is 5.69 Å². The van der Waals surface area contributed by atoms with Crippen LogP contribution in [-0.4, -0.2) is 29.6 Å². The maximum Gasteiger partial charge on any atom is 0.263 e. The first-order chi connectivity index (χ1) is 10.0. The highest BCUT2D eigenvalue weighted by Gasteiger charge is 2.24. The molecule has 0 aromatic carbocycles. The van der Waals surface area contributed by atoms with Crippen molar-refractivity contribution in [3.8, 4) is 0 Å². The second-order valence-corrected chi connectivity index (χ2v) is 6.53. The lowest BCUT2D eigenvalue weighted by molar-refractivity contribution is 0.0137. The van der Waals surface area contributed by atoms with E-state index >= 15 is 0 Å². The monoisotopic (exact) mass is 305 g/mol. The zero-order chi connectivity index (χ0) is 15.0. The summed E-state index contributed by atoms with van der Waals surface area (Å²) in [6.45, 7) is 4.64. The van der Waals surface area contributed by atoms with Crippen molar-refractivity contribution >= 4 is 33.1 Å². The molecule has 1 aliphatic heterocycles. The molecule has 1 fully saturated rings. The third-order valence-corrected chi connectivity index (χ3v) is 4.87. The average molecular weight is 305 g/mol. The van der Waals surface area contributed by atoms with E-state index in [-0.39, 0.29) is 18.1 Å². The molecule has 0 bridgehead atoms. The first-order valence-electron chi connectivity index (χ1n) is 7.12. The zero-order valence-corrected chi connectivity index (χ0v) is 13.0. The van der Waals surface area contributed by atoms with Crippen molar-refractivity contribution in [2.24, 2.45) is 0 Å². The molecular formula is C15H19N3O2S. The summed E-state index contributed by atoms with van der Waals surface area (Å²) in [7, 11) is 0. The van der Waals surface area contributed by atoms with Crippen LogP contribution in [0.15, 0.2) is 12.1 Å². The van der Waals surface area contributed by atoms with Gasteiger partial charge in [0, 0.05) is 23.7 Å². The second-order valence-electron chi connectivity index (χ2n) is 5.53. The number of ether oxygens (including phenoxy) is 1. The molecule has 3 rings (SSSR count). The van der Waals surface area contributed by atoms with Gasteiger partial charge in [0.15, 0.2) is 0 Å². The summed E-state index contributed by atoms with van der Waals surface area (Å²) >= 11 is 1.36. The first-order valence-corrected chi connectivity index (χ1v) is 7.94. The second kappa shape index (κ2) is 5.61. The highest BCUT2D eigenvalue weighted by Crippen LogP contribution is 2.32. The van der Waals surface area contributed by atoms with Crippen molar-refractivity contribution in [1.29, 1.82) is 0 Å². The van der Waals surface area contributed by atoms with Gasteiger partial charge < -0.3 is 15.8 Å². The van der Waals surface area contributed by atoms with E-state index < -0.39 is 0 Å². The zero-order valence-electron chi connectivity index (χ0n) is 12.2. The number of aryl methyl sites for hydroxylation is 1. The number of nitrogen functional groups attached to an aromatic ring is 1. The Kier molecular flexibility index (Phi) is 3.82. The Hall–Kier alpha value is -1.66. The smallest absolute Gasteiger partial charge is 0.263 e. The predicted molar refractivity (Wildman–Crippen MR) is 84.7 cm³/mol. The number of nitrogens with zero attached hydrogens (tertiary/aromatic N) is 1. The molecular weight excluding hydrogens is 286 g/mol. The number of aromatic nitrogens is 1. The van der Waals surface area contributed by atoms with E-state index in [1.165, 1.54) is 11.3 Å². The molecule has 3 heterocycles. The summed E-state index contributed by atoms with van der Waals surface area (Å²) in [4.78, 5) is 18.3. The van der Waals surface area contributed by atoms with Gasteiger partial charge >= 0.3 is 0 Å². The number of carbonyl (C=O) groups is 1. The van der Waals surface area contributed by atoms with Gasteiger partial charge in [0.1, 0.15) is 9.71 Å². The highest BCUT2D eigenvalue weighted by molar-refractivity contribution is 7.21. The predicted octanol–water partition coefficient (Wildman–Crippen LogP) is 2.48. The van der Waals surface area contributed by atoms with Crippen LogP contribution in [0.3, 0.4) is 0 Å². The normalized spacial score (nSPS) is 22.4. The van der Waals surface area contributed by atoms with Crippen LogP contribution >= 0.6 is 11.3 Å². The summed E-state index contributed by atoms with van der Waals surface area (Å²) < 4.78 is 5.50. The maximum absolute atomic E-state index is 12.4. The quantitative estimate of drug-likeness (QED) is 0.893. The number of thiophene rings is 1. The fraction of sp³-hybridized carbons (Fsp3) is 0.467. The number of hydrogen-bond donors (Lipinski definition) is 2. The van der Waals surface area contributed by atoms with E-state index in [9.17, 15) is 4.79 Å². The Morgan fingerprint density at radius 3 is 3.10 bits per heavy atom. The van der Waals surface area contributed by atoms with E-state index in [0.717, 1.165) is 28.8 Å². The van der Waals surface area contributed by atoms with Gasteiger partial charge in [-0.2, -0.15) is 0 Å². The first kappa shape index (κ1) is 14.3. The summed E-state index contributed by atoms with van der Waals surface area (Å²) in [5.41, 5.74) is 7.56. The maximum atomic E-state index is 12.4. The molecule has 2 unspecified atom stereocenters. The number of hydrogen-bond acceptors (Lipinski definition) is 5. The Bertz CT molecular complexity index is 683. The number of nitrogens with two attached hydrogens (primary N) is 1. The summed E-state index contributed by atoms with van der Waals surface area (Å²) in [5.74, 6) is -0.104. The van der Waals surface area contributed by atoms with Crippen LogP contribution in [0.25, 0.3) is 10.2 Å². The lowest BCUT2D eigenvalue weighted by atomic mass is 10.0. The van der Waals surface area contributed by atoms with Crippen molar-refractivity contribution in [2.45, 2.75) is 38.8 Å². The molecule has 112 valence electrons. The minimum absolute atomic E-state index is 0.104. The van der Waals surface area contributed by atoms with Crippen LogP contribution in [0.2, 0.25) is 0 Å². The molecule has 6 heteroatoms. The largest absolute Gasteiger partial charge is 0.397 e. The molecule has 1 amide bonds. The van der Waals surface area contributed by atoms with Crippen LogP contribution < -0.4 is 11.1 Å². The summed E-state index contributed by atoms with van der Waals surface area (Å²) in [6, 6.07) is 3.99. The van der Waals surface area contributed by atoms with E-state index in [0.29, 0.717) is 17.2 Å². The Morgan fingerprint density at radius 2 is 2.33 bits per heavy atom. The highest BCUT2D eigenvalue weighted by atomic mass is 32.1. The van der Waals surface area contributed by atoms with Crippen molar-refractivity contribution in [3.63, 3.8) is 0 Å². The SMILES string of the molecule is Cc1ccc2c(N)c(C(=O)NC3CCOC(C)C3)sc2n1. The van der Waals surface area contributed by atoms with Crippen LogP contribution in [0.5, 0.6) is 0 Å². The molecule has 2 aromatic heterocycles. The molecule has 0 spiro atoms. The average Bonchev–Trinajstić information content (AvgIpc) is 2.75. The van der Waals surface area contributed by atoms with E-state index in [2.05, 4.69) is 10.3 Å². The van der Waals surface area contributed by atoms with Gasteiger partial charge in [0.05, 0.1) is 11.8 Å². The molecule has 0 saturated carbocycles. The number of nitrogens with one attached hydrogen (secondary N) is 1. The van der Waals surface area contributed by atoms with Gasteiger partial charge in [0.2, 0.25) is 0 Å². The topological polar surface area (TPSA) is 77.2 Å². The molecule has 1 aliphatic rings. The number of carbonyl (C=O) groups excluding carboxylic acids is 1. The molecule has 21 heavy (non-hydrogen) atoms. The fourth-order valence-electron chi connectivity index (χ4n) is 2.64. The molecule has 5 nitrogen and oxygen atoms in total. The molecule has 0 aliphatic carbocycles. The number of fused-ring (bicyclic) bond motifs is 1. The van der Waals surface area contributed by atoms with Crippen LogP contribution in [-0.2, 0) is 4.74 Å². The van der Waals surface area contributed by atoms with Gasteiger partial charge in [-0.3, -0.25) is 4.79 Å². The lowest BCUT2D eigenvalue weighted by Gasteiger charge is -2.27. The molecule has 3 N–H and O–H groups in total. The lowest BCUT2D eigenvalue weighted by Crippen LogP contribution is -2.41. The summed E-state index contributed by atoms with van der Waals surface area (Å²) in [6.07, 6.45) is 1.87. The fourth-order valence-corrected chi connectivity index (χ4v) is 3.68. The van der Waals surface area contributed by atoms with Crippen molar-refractivity contribution in [2.75, 3.05) is 12.3 Å². The van der Waals surface area contributed by atoms with Gasteiger partial charge in [-0.15, -0.1) is 11.3 Å². The molecule has 0 radical (unpaired) electrons. The Balaban J connectivity index is 1.82. The van der Waals surface area contributed by atoms with Crippen molar-refractivity contribution < 1.29 is 9.53 Å². The standard InChI is InChI=1S/C15H19N3O2S/c1-8-3-4-11-12(16)13(21-15(11)17-8)14(19)18-10-5-6-20-9(2)7-10/h3-4,9-10H,5-7,16H2,1-2H3,(H,18,19). The number of pyridine rings is 1. The molecule has 1 saturated heterocycles. The third kappa shape index (κ3) is 2.87. The van der Waals surface area contributed by atoms with Crippen LogP contribution in [0.1, 0.15) is 35.1 Å². The third-order valence-electron chi connectivity index (χ3n) is 3.76. The minimum atomic E-state index is -0.104. The van der Waals surface area contributed by atoms with Gasteiger partial charge in [-0.1, -0.05) is 0 Å². The van der Waals surface area contributed by atoms with Crippen LogP contribution in [0, 0.1) is 6.92 Å². The number of amides is 1. The Morgan fingerprint density at radius 1 is 1.52 bits per heavy atom. The number of anilines is 1. The summed E-state index contributed by atoms with van der Waals surface area (Å²) in [5, 5.41) is 3.92. The van der Waals surface area contributed by atoms with E-state index in [4.69, 9.17) is 10.5 Å². The van der Waals surface area contributed by atoms with Crippen molar-refractivity contribution in [1.82, 2.24) is 10.3 Å². The minimum Gasteiger partial charge on any atom is -0.397 e. The van der Waals surface area contributed by atoms with Gasteiger partial charge in [0.25, 0.3) is 5.91 Å². The van der Waals surface area contributed by atoms with Gasteiger partial charge in [-0.25, -0.2) is 4.98 Å². The van der Waals surface area contributed by atoms with Crippen molar-refractivity contribution in [3.05, 3.63) is 22.7 Å². The molecule has 2 aromatic rings.